The van der Waals surface area contributed by atoms with Crippen molar-refractivity contribution in [1.82, 2.24) is 0 Å². The van der Waals surface area contributed by atoms with E-state index >= 15 is 0 Å². The Kier molecular flexibility index (Phi) is 3.15. The van der Waals surface area contributed by atoms with Crippen LogP contribution in [0.4, 0.5) is 0 Å². The monoisotopic (exact) mass is 148 g/mol. The zero-order chi connectivity index (χ0) is 8.10. The molecule has 0 aromatic carbocycles. The smallest absolute Gasteiger partial charge is 0.0273 e. The summed E-state index contributed by atoms with van der Waals surface area (Å²) in [5.41, 5.74) is 3.08. The minimum atomic E-state index is 1.27. The van der Waals surface area contributed by atoms with E-state index in [1.54, 1.807) is 5.57 Å². The van der Waals surface area contributed by atoms with Crippen LogP contribution in [0.15, 0.2) is 35.5 Å². The Balaban J connectivity index is 2.71. The molecule has 0 unspecified atom stereocenters. The third-order valence-electron chi connectivity index (χ3n) is 2.14. The van der Waals surface area contributed by atoms with Crippen molar-refractivity contribution in [2.24, 2.45) is 0 Å². The summed E-state index contributed by atoms with van der Waals surface area (Å²) in [5, 5.41) is 0. The van der Waals surface area contributed by atoms with E-state index in [2.05, 4.69) is 38.2 Å². The minimum Gasteiger partial charge on any atom is -0.0877 e. The van der Waals surface area contributed by atoms with E-state index in [1.807, 2.05) is 0 Å². The fourth-order valence-corrected chi connectivity index (χ4v) is 1.52. The highest BCUT2D eigenvalue weighted by Gasteiger charge is 2.10. The van der Waals surface area contributed by atoms with Crippen LogP contribution in [0.1, 0.15) is 33.1 Å². The molecule has 1 rings (SSSR count). The third kappa shape index (κ3) is 2.07. The molecular formula is C11H16. The summed E-state index contributed by atoms with van der Waals surface area (Å²) in [5.74, 6) is 0. The molecule has 0 heteroatoms. The number of hydrogen-bond donors (Lipinski definition) is 0. The van der Waals surface area contributed by atoms with Gasteiger partial charge in [0.15, 0.2) is 0 Å². The molecule has 0 bridgehead atoms. The van der Waals surface area contributed by atoms with Crippen LogP contribution >= 0.6 is 0 Å². The van der Waals surface area contributed by atoms with Crippen molar-refractivity contribution in [2.45, 2.75) is 33.1 Å². The Bertz CT molecular complexity index is 204. The maximum Gasteiger partial charge on any atom is -0.0273 e. The molecule has 0 saturated heterocycles. The van der Waals surface area contributed by atoms with Crippen molar-refractivity contribution < 1.29 is 0 Å². The molecule has 11 heavy (non-hydrogen) atoms. The van der Waals surface area contributed by atoms with Crippen LogP contribution in [-0.4, -0.2) is 0 Å². The van der Waals surface area contributed by atoms with E-state index in [0.717, 1.165) is 0 Å². The molecule has 0 radical (unpaired) electrons. The van der Waals surface area contributed by atoms with Gasteiger partial charge < -0.3 is 0 Å². The maximum absolute atomic E-state index is 2.24. The first-order valence-electron chi connectivity index (χ1n) is 4.36. The van der Waals surface area contributed by atoms with Crippen LogP contribution in [0.25, 0.3) is 0 Å². The van der Waals surface area contributed by atoms with Gasteiger partial charge in [-0.3, -0.25) is 0 Å². The summed E-state index contributed by atoms with van der Waals surface area (Å²) in [6, 6.07) is 0. The predicted molar refractivity (Wildman–Crippen MR) is 50.5 cm³/mol. The van der Waals surface area contributed by atoms with Crippen LogP contribution in [0.3, 0.4) is 0 Å². The lowest BCUT2D eigenvalue weighted by atomic mass is 10.1. The Morgan fingerprint density at radius 2 is 1.82 bits per heavy atom. The lowest BCUT2D eigenvalue weighted by molar-refractivity contribution is 0.932. The van der Waals surface area contributed by atoms with Gasteiger partial charge in [-0.2, -0.15) is 0 Å². The standard InChI is InChI=1S/C11H16/c1-3-5-7-11-9-6-8-10(11)4-2/h3-5,7H,6,8-9H2,1-2H3/b5-3+,10-4-,11-7-. The molecule has 0 aliphatic heterocycles. The molecule has 0 aromatic heterocycles. The lowest BCUT2D eigenvalue weighted by Crippen LogP contribution is -1.75. The van der Waals surface area contributed by atoms with Gasteiger partial charge in [0.2, 0.25) is 0 Å². The van der Waals surface area contributed by atoms with E-state index in [1.165, 1.54) is 24.8 Å². The molecule has 0 atom stereocenters. The molecule has 0 amide bonds. The first kappa shape index (κ1) is 8.32. The summed E-state index contributed by atoms with van der Waals surface area (Å²) in [6.45, 7) is 4.19. The van der Waals surface area contributed by atoms with Gasteiger partial charge in [-0.05, 0) is 44.3 Å². The number of rotatable bonds is 1. The Hall–Kier alpha value is -0.780. The van der Waals surface area contributed by atoms with Crippen molar-refractivity contribution in [1.29, 1.82) is 0 Å². The van der Waals surface area contributed by atoms with Gasteiger partial charge in [0.1, 0.15) is 0 Å². The lowest BCUT2D eigenvalue weighted by Gasteiger charge is -1.95. The predicted octanol–water partition coefficient (Wildman–Crippen LogP) is 3.62. The molecule has 0 aromatic rings. The van der Waals surface area contributed by atoms with E-state index < -0.39 is 0 Å². The van der Waals surface area contributed by atoms with Gasteiger partial charge in [0, 0.05) is 0 Å². The molecule has 0 N–H and O–H groups in total. The summed E-state index contributed by atoms with van der Waals surface area (Å²) < 4.78 is 0. The van der Waals surface area contributed by atoms with Crippen molar-refractivity contribution in [3.05, 3.63) is 35.5 Å². The van der Waals surface area contributed by atoms with Gasteiger partial charge in [0.25, 0.3) is 0 Å². The van der Waals surface area contributed by atoms with Crippen LogP contribution < -0.4 is 0 Å². The summed E-state index contributed by atoms with van der Waals surface area (Å²) in [7, 11) is 0. The summed E-state index contributed by atoms with van der Waals surface area (Å²) in [4.78, 5) is 0. The van der Waals surface area contributed by atoms with Crippen molar-refractivity contribution in [3.63, 3.8) is 0 Å². The zero-order valence-electron chi connectivity index (χ0n) is 7.43. The molecule has 1 aliphatic carbocycles. The van der Waals surface area contributed by atoms with E-state index in [4.69, 9.17) is 0 Å². The van der Waals surface area contributed by atoms with Gasteiger partial charge in [0.05, 0.1) is 0 Å². The topological polar surface area (TPSA) is 0 Å². The number of hydrogen-bond acceptors (Lipinski definition) is 0. The van der Waals surface area contributed by atoms with Crippen LogP contribution in [0.5, 0.6) is 0 Å². The van der Waals surface area contributed by atoms with Gasteiger partial charge in [-0.1, -0.05) is 24.3 Å². The van der Waals surface area contributed by atoms with Gasteiger partial charge in [-0.25, -0.2) is 0 Å². The summed E-state index contributed by atoms with van der Waals surface area (Å²) >= 11 is 0. The Morgan fingerprint density at radius 1 is 1.09 bits per heavy atom. The molecule has 1 aliphatic rings. The van der Waals surface area contributed by atoms with E-state index in [-0.39, 0.29) is 0 Å². The summed E-state index contributed by atoms with van der Waals surface area (Å²) in [6.07, 6.45) is 12.6. The molecular weight excluding hydrogens is 132 g/mol. The van der Waals surface area contributed by atoms with Gasteiger partial charge >= 0.3 is 0 Å². The van der Waals surface area contributed by atoms with Crippen LogP contribution in [0.2, 0.25) is 0 Å². The Labute approximate surface area is 69.3 Å². The average molecular weight is 148 g/mol. The zero-order valence-corrected chi connectivity index (χ0v) is 7.43. The Morgan fingerprint density at radius 3 is 2.45 bits per heavy atom. The first-order valence-corrected chi connectivity index (χ1v) is 4.36. The fraction of sp³-hybridized carbons (Fsp3) is 0.455. The third-order valence-corrected chi connectivity index (χ3v) is 2.14. The highest BCUT2D eigenvalue weighted by Crippen LogP contribution is 2.29. The quantitative estimate of drug-likeness (QED) is 0.532. The van der Waals surface area contributed by atoms with E-state index in [9.17, 15) is 0 Å². The second-order valence-electron chi connectivity index (χ2n) is 2.89. The maximum atomic E-state index is 2.24. The second-order valence-corrected chi connectivity index (χ2v) is 2.89. The average Bonchev–Trinajstić information content (AvgIpc) is 2.47. The highest BCUT2D eigenvalue weighted by atomic mass is 14.2. The van der Waals surface area contributed by atoms with Crippen molar-refractivity contribution >= 4 is 0 Å². The fourth-order valence-electron chi connectivity index (χ4n) is 1.52. The van der Waals surface area contributed by atoms with E-state index in [0.29, 0.717) is 0 Å². The van der Waals surface area contributed by atoms with Gasteiger partial charge in [-0.15, -0.1) is 0 Å². The molecule has 1 fully saturated rings. The van der Waals surface area contributed by atoms with Crippen molar-refractivity contribution in [3.8, 4) is 0 Å². The molecule has 1 saturated carbocycles. The molecule has 60 valence electrons. The van der Waals surface area contributed by atoms with Crippen LogP contribution in [-0.2, 0) is 0 Å². The number of allylic oxidation sites excluding steroid dienone is 6. The van der Waals surface area contributed by atoms with Crippen molar-refractivity contribution in [2.75, 3.05) is 0 Å². The minimum absolute atomic E-state index is 1.27. The SMILES string of the molecule is C/C=C1/CCC/C1=C/C=C/C. The molecule has 0 nitrogen and oxygen atoms in total. The molecule has 0 heterocycles. The molecule has 0 spiro atoms. The first-order chi connectivity index (χ1) is 5.38. The second kappa shape index (κ2) is 4.17. The largest absolute Gasteiger partial charge is 0.0877 e. The normalized spacial score (nSPS) is 26.0. The highest BCUT2D eigenvalue weighted by molar-refractivity contribution is 5.36. The van der Waals surface area contributed by atoms with Crippen LogP contribution in [0, 0.1) is 0 Å².